The molecule has 0 amide bonds. The smallest absolute Gasteiger partial charge is 0.246 e. The van der Waals surface area contributed by atoms with Gasteiger partial charge in [-0.25, -0.2) is 12.6 Å². The SMILES string of the molecule is O=S(Oc1ccc(S(=O)(=O)C(Br)(Br)Br)cc1)C(Br)(Br)Br. The van der Waals surface area contributed by atoms with E-state index in [1.165, 1.54) is 24.3 Å². The van der Waals surface area contributed by atoms with Crippen molar-refractivity contribution in [2.24, 2.45) is 0 Å². The first-order valence-corrected chi connectivity index (χ1v) is 11.8. The van der Waals surface area contributed by atoms with E-state index in [0.29, 0.717) is 0 Å². The fraction of sp³-hybridized carbons (Fsp3) is 0.250. The first kappa shape index (κ1) is 20.0. The Hall–Kier alpha value is 2.00. The lowest BCUT2D eigenvalue weighted by molar-refractivity contribution is 0.564. The predicted octanol–water partition coefficient (Wildman–Crippen LogP) is 5.09. The highest BCUT2D eigenvalue weighted by Crippen LogP contribution is 2.43. The summed E-state index contributed by atoms with van der Waals surface area (Å²) in [6.07, 6.45) is 0. The van der Waals surface area contributed by atoms with Gasteiger partial charge >= 0.3 is 0 Å². The summed E-state index contributed by atoms with van der Waals surface area (Å²) in [7, 11) is -3.66. The van der Waals surface area contributed by atoms with Crippen molar-refractivity contribution in [1.82, 2.24) is 0 Å². The Kier molecular flexibility index (Phi) is 7.28. The summed E-state index contributed by atoms with van der Waals surface area (Å²) >= 11 is 16.3. The molecule has 114 valence electrons. The average molecular weight is 708 g/mol. The molecule has 0 saturated carbocycles. The first-order chi connectivity index (χ1) is 8.85. The Morgan fingerprint density at radius 2 is 1.40 bits per heavy atom. The van der Waals surface area contributed by atoms with E-state index in [-0.39, 0.29) is 10.6 Å². The Balaban J connectivity index is 3.00. The van der Waals surface area contributed by atoms with Crippen LogP contribution in [0.15, 0.2) is 29.2 Å². The highest BCUT2D eigenvalue weighted by molar-refractivity contribution is 9.42. The summed E-state index contributed by atoms with van der Waals surface area (Å²) < 4.78 is 38.5. The number of rotatable bonds is 3. The molecule has 0 aliphatic heterocycles. The quantitative estimate of drug-likeness (QED) is 0.411. The van der Waals surface area contributed by atoms with Crippen LogP contribution in [-0.4, -0.2) is 15.6 Å². The highest BCUT2D eigenvalue weighted by atomic mass is 80.0. The Bertz CT molecular complexity index is 601. The molecule has 0 radical (unpaired) electrons. The maximum absolute atomic E-state index is 12.1. The van der Waals surface area contributed by atoms with Crippen LogP contribution in [-0.2, 0) is 20.9 Å². The summed E-state index contributed by atoms with van der Waals surface area (Å²) in [6, 6.07) is 5.50. The molecule has 0 spiro atoms. The molecule has 1 unspecified atom stereocenters. The van der Waals surface area contributed by atoms with Gasteiger partial charge in [-0.05, 0) is 120 Å². The molecule has 0 bridgehead atoms. The number of hydrogen-bond donors (Lipinski definition) is 0. The van der Waals surface area contributed by atoms with Crippen molar-refractivity contribution in [2.75, 3.05) is 0 Å². The minimum absolute atomic E-state index is 0.0593. The Labute approximate surface area is 169 Å². The zero-order valence-electron chi connectivity index (χ0n) is 9.03. The first-order valence-electron chi connectivity index (χ1n) is 4.44. The van der Waals surface area contributed by atoms with Crippen LogP contribution in [0.2, 0.25) is 0 Å². The van der Waals surface area contributed by atoms with Gasteiger partial charge in [0.1, 0.15) is 5.75 Å². The van der Waals surface area contributed by atoms with Crippen LogP contribution in [0, 0.1) is 0 Å². The number of alkyl halides is 6. The van der Waals surface area contributed by atoms with Gasteiger partial charge in [0.25, 0.3) is 0 Å². The third kappa shape index (κ3) is 5.27. The van der Waals surface area contributed by atoms with Crippen LogP contribution in [0.5, 0.6) is 5.75 Å². The fourth-order valence-electron chi connectivity index (χ4n) is 0.943. The van der Waals surface area contributed by atoms with E-state index < -0.39 is 23.9 Å². The molecule has 0 heterocycles. The van der Waals surface area contributed by atoms with Crippen LogP contribution in [0.4, 0.5) is 0 Å². The van der Waals surface area contributed by atoms with Gasteiger partial charge in [0.05, 0.1) is 4.90 Å². The molecular weight excluding hydrogens is 704 g/mol. The normalized spacial score (nSPS) is 14.9. The van der Waals surface area contributed by atoms with Crippen molar-refractivity contribution in [3.63, 3.8) is 0 Å². The number of benzene rings is 1. The number of hydrogen-bond acceptors (Lipinski definition) is 4. The largest absolute Gasteiger partial charge is 0.398 e. The minimum Gasteiger partial charge on any atom is -0.398 e. The molecule has 0 N–H and O–H groups in total. The van der Waals surface area contributed by atoms with Crippen LogP contribution in [0.25, 0.3) is 0 Å². The summed E-state index contributed by atoms with van der Waals surface area (Å²) in [5, 5.41) is 0. The van der Waals surface area contributed by atoms with E-state index in [9.17, 15) is 12.6 Å². The minimum atomic E-state index is -3.66. The van der Waals surface area contributed by atoms with E-state index in [1.54, 1.807) is 0 Å². The second-order valence-corrected chi connectivity index (χ2v) is 23.2. The van der Waals surface area contributed by atoms with Gasteiger partial charge in [0.2, 0.25) is 23.9 Å². The molecule has 0 aromatic heterocycles. The van der Waals surface area contributed by atoms with Gasteiger partial charge in [-0.1, -0.05) is 0 Å². The molecular formula is C8H4Br6O4S2. The van der Waals surface area contributed by atoms with Crippen LogP contribution in [0.3, 0.4) is 0 Å². The predicted molar refractivity (Wildman–Crippen MR) is 101 cm³/mol. The summed E-state index contributed by atoms with van der Waals surface area (Å²) in [5.74, 6) is 0.259. The summed E-state index contributed by atoms with van der Waals surface area (Å²) in [6.45, 7) is 0. The van der Waals surface area contributed by atoms with E-state index in [1.807, 2.05) is 0 Å². The molecule has 0 saturated heterocycles. The molecule has 1 aromatic carbocycles. The third-order valence-electron chi connectivity index (χ3n) is 1.80. The molecule has 0 aliphatic carbocycles. The Morgan fingerprint density at radius 1 is 0.950 bits per heavy atom. The molecule has 1 atom stereocenters. The van der Waals surface area contributed by atoms with E-state index >= 15 is 0 Å². The molecule has 4 nitrogen and oxygen atoms in total. The zero-order valence-corrected chi connectivity index (χ0v) is 20.2. The van der Waals surface area contributed by atoms with Gasteiger partial charge in [-0.15, -0.1) is 0 Å². The highest BCUT2D eigenvalue weighted by Gasteiger charge is 2.37. The van der Waals surface area contributed by atoms with E-state index in [0.717, 1.165) is 0 Å². The average Bonchev–Trinajstić information content (AvgIpc) is 2.26. The maximum Gasteiger partial charge on any atom is 0.246 e. The third-order valence-corrected chi connectivity index (χ3v) is 10.2. The standard InChI is InChI=1S/C8H4Br6O4S2/c9-7(10,11)19(15)18-5-1-3-6(4-2-5)20(16,17)8(12,13)14/h1-4H. The van der Waals surface area contributed by atoms with Crippen LogP contribution < -0.4 is 4.18 Å². The lowest BCUT2D eigenvalue weighted by atomic mass is 10.3. The molecule has 0 aliphatic rings. The summed E-state index contributed by atoms with van der Waals surface area (Å²) in [5.41, 5.74) is 0. The maximum atomic E-state index is 12.1. The van der Waals surface area contributed by atoms with Gasteiger partial charge in [0.15, 0.2) is 0 Å². The van der Waals surface area contributed by atoms with Gasteiger partial charge in [0, 0.05) is 0 Å². The van der Waals surface area contributed by atoms with Crippen LogP contribution in [0.1, 0.15) is 0 Å². The second kappa shape index (κ2) is 7.27. The van der Waals surface area contributed by atoms with Crippen molar-refractivity contribution < 1.29 is 16.8 Å². The van der Waals surface area contributed by atoms with Gasteiger partial charge in [-0.2, -0.15) is 0 Å². The monoisotopic (exact) mass is 701 g/mol. The number of halogens is 6. The van der Waals surface area contributed by atoms with Crippen molar-refractivity contribution in [2.45, 2.75) is 7.85 Å². The van der Waals surface area contributed by atoms with Crippen molar-refractivity contribution >= 4 is 116 Å². The molecule has 12 heteroatoms. The zero-order chi connectivity index (χ0) is 15.8. The van der Waals surface area contributed by atoms with Gasteiger partial charge in [-0.3, -0.25) is 0 Å². The second-order valence-electron chi connectivity index (χ2n) is 3.18. The number of sulfone groups is 1. The lowest BCUT2D eigenvalue weighted by Gasteiger charge is -2.15. The topological polar surface area (TPSA) is 60.4 Å². The van der Waals surface area contributed by atoms with E-state index in [4.69, 9.17) is 4.18 Å². The molecule has 0 fully saturated rings. The van der Waals surface area contributed by atoms with Crippen molar-refractivity contribution in [3.8, 4) is 5.75 Å². The van der Waals surface area contributed by atoms with E-state index in [2.05, 4.69) is 95.6 Å². The van der Waals surface area contributed by atoms with Crippen molar-refractivity contribution in [1.29, 1.82) is 0 Å². The Morgan fingerprint density at radius 3 is 1.75 bits per heavy atom. The van der Waals surface area contributed by atoms with Crippen molar-refractivity contribution in [3.05, 3.63) is 24.3 Å². The molecule has 1 rings (SSSR count). The molecule has 1 aromatic rings. The fourth-order valence-corrected chi connectivity index (χ4v) is 4.36. The lowest BCUT2D eigenvalue weighted by Crippen LogP contribution is -2.18. The van der Waals surface area contributed by atoms with Crippen LogP contribution >= 0.6 is 95.6 Å². The van der Waals surface area contributed by atoms with Gasteiger partial charge < -0.3 is 4.18 Å². The molecule has 20 heavy (non-hydrogen) atoms. The summed E-state index contributed by atoms with van der Waals surface area (Å²) in [4.78, 5) is 0.0593.